The van der Waals surface area contributed by atoms with E-state index >= 15 is 0 Å². The Balaban J connectivity index is 2.89. The molecular weight excluding hydrogens is 182 g/mol. The molecule has 0 aromatic rings. The second-order valence-electron chi connectivity index (χ2n) is 5.27. The second kappa shape index (κ2) is 3.20. The molecule has 1 fully saturated rings. The van der Waals surface area contributed by atoms with Crippen molar-refractivity contribution in [2.24, 2.45) is 0 Å². The largest absolute Gasteiger partial charge is 0.237 e. The minimum atomic E-state index is -0.257. The second-order valence-corrected chi connectivity index (χ2v) is 13.9. The van der Waals surface area contributed by atoms with Crippen molar-refractivity contribution in [2.45, 2.75) is 10.3 Å². The summed E-state index contributed by atoms with van der Waals surface area (Å²) >= 11 is 0. The zero-order chi connectivity index (χ0) is 9.57. The van der Waals surface area contributed by atoms with Gasteiger partial charge in [-0.2, -0.15) is 0 Å². The van der Waals surface area contributed by atoms with E-state index in [-0.39, 0.29) is 20.1 Å². The Hall–Kier alpha value is 0.830. The van der Waals surface area contributed by atoms with Gasteiger partial charge in [-0.1, -0.05) is 5.72 Å². The van der Waals surface area contributed by atoms with Crippen molar-refractivity contribution < 1.29 is 0 Å². The summed E-state index contributed by atoms with van der Waals surface area (Å²) in [6, 6.07) is 0. The third-order valence-corrected chi connectivity index (χ3v) is 12.4. The van der Waals surface area contributed by atoms with Crippen molar-refractivity contribution in [2.75, 3.05) is 36.5 Å². The van der Waals surface area contributed by atoms with Gasteiger partial charge in [-0.05, 0) is 36.5 Å². The molecule has 0 aromatic heterocycles. The molecule has 72 valence electrons. The van der Waals surface area contributed by atoms with Crippen LogP contribution in [0, 0.1) is 0 Å². The SMILES string of the molecule is BC(B)C1S(C)(C)CCS1(C)C. The summed E-state index contributed by atoms with van der Waals surface area (Å²) in [6.45, 7) is 0. The number of hydrogen-bond acceptors (Lipinski definition) is 0. The summed E-state index contributed by atoms with van der Waals surface area (Å²) in [5.74, 6) is 3.05. The lowest BCUT2D eigenvalue weighted by atomic mass is 9.72. The molecule has 4 heteroatoms. The Labute approximate surface area is 82.7 Å². The zero-order valence-electron chi connectivity index (χ0n) is 9.39. The highest BCUT2D eigenvalue weighted by atomic mass is 32.3. The molecule has 0 aromatic carbocycles. The highest BCUT2D eigenvalue weighted by molar-refractivity contribution is 8.51. The van der Waals surface area contributed by atoms with Gasteiger partial charge in [0.15, 0.2) is 0 Å². The monoisotopic (exact) mass is 204 g/mol. The molecule has 1 rings (SSSR count). The van der Waals surface area contributed by atoms with Gasteiger partial charge in [-0.15, -0.1) is 0 Å². The summed E-state index contributed by atoms with van der Waals surface area (Å²) in [5.41, 5.74) is 0.905. The summed E-state index contributed by atoms with van der Waals surface area (Å²) in [4.78, 5) is 0. The summed E-state index contributed by atoms with van der Waals surface area (Å²) in [6.07, 6.45) is 10.2. The molecule has 0 unspecified atom stereocenters. The van der Waals surface area contributed by atoms with Gasteiger partial charge >= 0.3 is 0 Å². The lowest BCUT2D eigenvalue weighted by Gasteiger charge is -2.45. The number of rotatable bonds is 1. The Bertz CT molecular complexity index is 162. The molecule has 0 spiro atoms. The van der Waals surface area contributed by atoms with Crippen LogP contribution in [-0.2, 0) is 0 Å². The van der Waals surface area contributed by atoms with E-state index in [2.05, 4.69) is 40.7 Å². The Kier molecular flexibility index (Phi) is 2.91. The molecule has 0 amide bonds. The third-order valence-electron chi connectivity index (χ3n) is 2.94. The van der Waals surface area contributed by atoms with Gasteiger partial charge in [-0.25, -0.2) is 20.1 Å². The van der Waals surface area contributed by atoms with E-state index in [9.17, 15) is 0 Å². The summed E-state index contributed by atoms with van der Waals surface area (Å²) < 4.78 is 1.06. The van der Waals surface area contributed by atoms with Gasteiger partial charge in [0.2, 0.25) is 0 Å². The normalized spacial score (nSPS) is 33.4. The smallest absolute Gasteiger partial charge is 0.0979 e. The molecule has 12 heavy (non-hydrogen) atoms. The van der Waals surface area contributed by atoms with E-state index < -0.39 is 0 Å². The lowest BCUT2D eigenvalue weighted by molar-refractivity contribution is 1.27. The Morgan fingerprint density at radius 2 is 1.33 bits per heavy atom. The van der Waals surface area contributed by atoms with Crippen molar-refractivity contribution in [3.8, 4) is 0 Å². The molecule has 0 radical (unpaired) electrons. The van der Waals surface area contributed by atoms with Crippen molar-refractivity contribution in [1.29, 1.82) is 0 Å². The average Bonchev–Trinajstić information content (AvgIpc) is 2.01. The minimum Gasteiger partial charge on any atom is -0.237 e. The predicted molar refractivity (Wildman–Crippen MR) is 73.2 cm³/mol. The number of hydrogen-bond donors (Lipinski definition) is 0. The quantitative estimate of drug-likeness (QED) is 0.544. The van der Waals surface area contributed by atoms with Crippen LogP contribution in [0.25, 0.3) is 0 Å². The average molecular weight is 204 g/mol. The topological polar surface area (TPSA) is 0 Å². The molecule has 1 saturated heterocycles. The molecule has 1 heterocycles. The van der Waals surface area contributed by atoms with E-state index in [0.29, 0.717) is 0 Å². The molecule has 1 aliphatic heterocycles. The maximum Gasteiger partial charge on any atom is 0.0979 e. The summed E-state index contributed by atoms with van der Waals surface area (Å²) in [5, 5.41) is 0. The highest BCUT2D eigenvalue weighted by Crippen LogP contribution is 2.71. The first-order valence-corrected chi connectivity index (χ1v) is 10.0. The Morgan fingerprint density at radius 1 is 1.00 bits per heavy atom. The molecular formula is C8H22B2S2. The van der Waals surface area contributed by atoms with Crippen LogP contribution in [0.3, 0.4) is 0 Å². The highest BCUT2D eigenvalue weighted by Gasteiger charge is 2.41. The van der Waals surface area contributed by atoms with Crippen LogP contribution >= 0.6 is 20.1 Å². The van der Waals surface area contributed by atoms with Gasteiger partial charge in [0, 0.05) is 4.58 Å². The fraction of sp³-hybridized carbons (Fsp3) is 1.00. The Morgan fingerprint density at radius 3 is 1.50 bits per heavy atom. The fourth-order valence-electron chi connectivity index (χ4n) is 2.84. The minimum absolute atomic E-state index is 0.257. The maximum absolute atomic E-state index is 2.54. The molecule has 0 saturated carbocycles. The van der Waals surface area contributed by atoms with E-state index in [4.69, 9.17) is 0 Å². The van der Waals surface area contributed by atoms with Crippen LogP contribution in [0.5, 0.6) is 0 Å². The van der Waals surface area contributed by atoms with E-state index in [1.807, 2.05) is 0 Å². The van der Waals surface area contributed by atoms with Crippen LogP contribution in [0.4, 0.5) is 0 Å². The van der Waals surface area contributed by atoms with E-state index in [0.717, 1.165) is 10.3 Å². The predicted octanol–water partition coefficient (Wildman–Crippen LogP) is 0.467. The maximum atomic E-state index is 2.54. The lowest BCUT2D eigenvalue weighted by Crippen LogP contribution is -2.22. The molecule has 0 N–H and O–H groups in total. The van der Waals surface area contributed by atoms with Gasteiger partial charge < -0.3 is 0 Å². The molecule has 0 bridgehead atoms. The van der Waals surface area contributed by atoms with Gasteiger partial charge in [0.25, 0.3) is 0 Å². The first-order chi connectivity index (χ1) is 5.27. The van der Waals surface area contributed by atoms with Crippen molar-refractivity contribution in [3.63, 3.8) is 0 Å². The fourth-order valence-corrected chi connectivity index (χ4v) is 15.9. The van der Waals surface area contributed by atoms with Crippen LogP contribution in [0.15, 0.2) is 0 Å². The standard InChI is InChI=1S/C8H22B2S2/c1-11(2)5-6-12(3,4)8(11)7(9)10/h7-8H,5-6,9-10H2,1-4H3. The van der Waals surface area contributed by atoms with Crippen LogP contribution < -0.4 is 0 Å². The first-order valence-electron chi connectivity index (χ1n) is 4.67. The molecule has 0 atom stereocenters. The van der Waals surface area contributed by atoms with E-state index in [1.54, 1.807) is 0 Å². The van der Waals surface area contributed by atoms with Gasteiger partial charge in [0.05, 0.1) is 15.7 Å². The third kappa shape index (κ3) is 1.84. The van der Waals surface area contributed by atoms with E-state index in [1.165, 1.54) is 11.5 Å². The van der Waals surface area contributed by atoms with Crippen molar-refractivity contribution in [3.05, 3.63) is 0 Å². The van der Waals surface area contributed by atoms with Crippen LogP contribution in [0.2, 0.25) is 5.72 Å². The zero-order valence-corrected chi connectivity index (χ0v) is 11.0. The van der Waals surface area contributed by atoms with Crippen molar-refractivity contribution in [1.82, 2.24) is 0 Å². The van der Waals surface area contributed by atoms with Crippen LogP contribution in [-0.4, -0.2) is 56.8 Å². The van der Waals surface area contributed by atoms with Gasteiger partial charge in [-0.3, -0.25) is 0 Å². The molecule has 1 aliphatic rings. The first kappa shape index (κ1) is 10.9. The van der Waals surface area contributed by atoms with Crippen LogP contribution in [0.1, 0.15) is 0 Å². The van der Waals surface area contributed by atoms with Crippen molar-refractivity contribution >= 4 is 35.7 Å². The molecule has 0 aliphatic carbocycles. The van der Waals surface area contributed by atoms with Gasteiger partial charge in [0.1, 0.15) is 0 Å². The summed E-state index contributed by atoms with van der Waals surface area (Å²) in [7, 11) is 4.32. The molecule has 0 nitrogen and oxygen atoms in total.